The fourth-order valence-electron chi connectivity index (χ4n) is 1.64. The minimum Gasteiger partial charge on any atom is -0.481 e. The number of carboxylic acid groups (broad SMARTS) is 2. The molecule has 0 aromatic rings. The highest BCUT2D eigenvalue weighted by molar-refractivity contribution is 5.89. The van der Waals surface area contributed by atoms with Crippen LogP contribution in [0.4, 0.5) is 0 Å². The molecule has 0 aromatic heterocycles. The van der Waals surface area contributed by atoms with E-state index >= 15 is 0 Å². The maximum atomic E-state index is 11.6. The van der Waals surface area contributed by atoms with Gasteiger partial charge < -0.3 is 20.1 Å². The Bertz CT molecular complexity index is 416. The first-order chi connectivity index (χ1) is 9.62. The van der Waals surface area contributed by atoms with Gasteiger partial charge in [-0.25, -0.2) is 4.79 Å². The Morgan fingerprint density at radius 2 is 1.71 bits per heavy atom. The number of Topliss-reactive ketones (excluding diaryl/α,β-unsaturated/α-hetero) is 1. The van der Waals surface area contributed by atoms with Crippen LogP contribution in [0.1, 0.15) is 46.0 Å². The molecule has 0 spiro atoms. The zero-order chi connectivity index (χ0) is 16.6. The normalized spacial score (nSPS) is 14.8. The zero-order valence-corrected chi connectivity index (χ0v) is 12.0. The molecule has 0 rings (SSSR count). The molecule has 8 heteroatoms. The highest BCUT2D eigenvalue weighted by Gasteiger charge is 2.42. The lowest BCUT2D eigenvalue weighted by Gasteiger charge is -2.22. The van der Waals surface area contributed by atoms with Crippen LogP contribution in [-0.4, -0.2) is 50.7 Å². The number of carbonyl (C=O) groups is 4. The lowest BCUT2D eigenvalue weighted by atomic mass is 9.96. The van der Waals surface area contributed by atoms with Gasteiger partial charge in [-0.05, 0) is 19.8 Å². The molecule has 0 amide bonds. The van der Waals surface area contributed by atoms with E-state index in [9.17, 15) is 24.3 Å². The molecule has 8 nitrogen and oxygen atoms in total. The smallest absolute Gasteiger partial charge is 0.336 e. The van der Waals surface area contributed by atoms with Gasteiger partial charge in [0.15, 0.2) is 17.5 Å². The lowest BCUT2D eigenvalue weighted by Crippen LogP contribution is -2.43. The van der Waals surface area contributed by atoms with E-state index < -0.39 is 48.2 Å². The predicted molar refractivity (Wildman–Crippen MR) is 69.5 cm³/mol. The maximum absolute atomic E-state index is 11.6. The molecule has 0 aliphatic carbocycles. The maximum Gasteiger partial charge on any atom is 0.336 e. The Morgan fingerprint density at radius 1 is 1.14 bits per heavy atom. The first-order valence-electron chi connectivity index (χ1n) is 6.50. The number of ketones is 1. The molecule has 2 unspecified atom stereocenters. The zero-order valence-electron chi connectivity index (χ0n) is 12.0. The minimum atomic E-state index is -2.75. The second-order valence-electron chi connectivity index (χ2n) is 4.82. The summed E-state index contributed by atoms with van der Waals surface area (Å²) in [7, 11) is 0. The monoisotopic (exact) mass is 304 g/mol. The van der Waals surface area contributed by atoms with Gasteiger partial charge in [0.2, 0.25) is 0 Å². The molecule has 0 bridgehead atoms. The van der Waals surface area contributed by atoms with E-state index in [-0.39, 0.29) is 0 Å². The molecule has 0 aromatic carbocycles. The summed E-state index contributed by atoms with van der Waals surface area (Å²) in [5, 5.41) is 27.1. The highest BCUT2D eigenvalue weighted by Crippen LogP contribution is 2.18. The third-order valence-corrected chi connectivity index (χ3v) is 2.83. The first-order valence-corrected chi connectivity index (χ1v) is 6.50. The van der Waals surface area contributed by atoms with Crippen molar-refractivity contribution in [2.24, 2.45) is 0 Å². The van der Waals surface area contributed by atoms with Gasteiger partial charge in [0, 0.05) is 0 Å². The van der Waals surface area contributed by atoms with Crippen molar-refractivity contribution in [3.05, 3.63) is 0 Å². The topological polar surface area (TPSA) is 138 Å². The van der Waals surface area contributed by atoms with Crippen molar-refractivity contribution in [3.8, 4) is 0 Å². The average Bonchev–Trinajstić information content (AvgIpc) is 2.32. The van der Waals surface area contributed by atoms with E-state index in [1.165, 1.54) is 6.92 Å². The van der Waals surface area contributed by atoms with E-state index in [4.69, 9.17) is 14.9 Å². The van der Waals surface area contributed by atoms with Gasteiger partial charge in [0.05, 0.1) is 12.8 Å². The highest BCUT2D eigenvalue weighted by atomic mass is 16.5. The SMILES string of the molecule is CCCCC(OC(=O)CC(O)(CC(=O)O)C(=O)O)C(C)=O. The number of hydrogen-bond donors (Lipinski definition) is 3. The lowest BCUT2D eigenvalue weighted by molar-refractivity contribution is -0.174. The molecule has 0 aliphatic heterocycles. The third kappa shape index (κ3) is 6.84. The second kappa shape index (κ2) is 8.35. The molecule has 3 N–H and O–H groups in total. The van der Waals surface area contributed by atoms with E-state index in [0.717, 1.165) is 6.42 Å². The summed E-state index contributed by atoms with van der Waals surface area (Å²) in [5.74, 6) is -4.93. The Morgan fingerprint density at radius 3 is 2.10 bits per heavy atom. The van der Waals surface area contributed by atoms with Gasteiger partial charge >= 0.3 is 17.9 Å². The fourth-order valence-corrected chi connectivity index (χ4v) is 1.64. The van der Waals surface area contributed by atoms with Gasteiger partial charge in [-0.1, -0.05) is 13.3 Å². The van der Waals surface area contributed by atoms with Crippen molar-refractivity contribution in [3.63, 3.8) is 0 Å². The molecule has 0 saturated carbocycles. The van der Waals surface area contributed by atoms with Crippen LogP contribution in [0.3, 0.4) is 0 Å². The number of aliphatic hydroxyl groups is 1. The summed E-state index contributed by atoms with van der Waals surface area (Å²) >= 11 is 0. The second-order valence-corrected chi connectivity index (χ2v) is 4.82. The predicted octanol–water partition coefficient (Wildman–Crippen LogP) is 0.358. The van der Waals surface area contributed by atoms with E-state index in [1.54, 1.807) is 0 Å². The molecule has 0 saturated heterocycles. The number of ether oxygens (including phenoxy) is 1. The Kier molecular flexibility index (Phi) is 7.57. The molecular weight excluding hydrogens is 284 g/mol. The van der Waals surface area contributed by atoms with Crippen LogP contribution in [-0.2, 0) is 23.9 Å². The van der Waals surface area contributed by atoms with Crippen LogP contribution < -0.4 is 0 Å². The van der Waals surface area contributed by atoms with Crippen LogP contribution in [0, 0.1) is 0 Å². The Balaban J connectivity index is 4.79. The molecule has 120 valence electrons. The van der Waals surface area contributed by atoms with Gasteiger partial charge in [-0.3, -0.25) is 14.4 Å². The van der Waals surface area contributed by atoms with Crippen LogP contribution in [0.5, 0.6) is 0 Å². The van der Waals surface area contributed by atoms with Crippen LogP contribution in [0.15, 0.2) is 0 Å². The van der Waals surface area contributed by atoms with Crippen molar-refractivity contribution in [1.29, 1.82) is 0 Å². The van der Waals surface area contributed by atoms with Crippen molar-refractivity contribution in [2.75, 3.05) is 0 Å². The van der Waals surface area contributed by atoms with Gasteiger partial charge in [-0.15, -0.1) is 0 Å². The van der Waals surface area contributed by atoms with Crippen LogP contribution >= 0.6 is 0 Å². The number of hydrogen-bond acceptors (Lipinski definition) is 6. The fraction of sp³-hybridized carbons (Fsp3) is 0.692. The van der Waals surface area contributed by atoms with Gasteiger partial charge in [0.25, 0.3) is 0 Å². The number of carboxylic acids is 2. The molecule has 0 radical (unpaired) electrons. The summed E-state index contributed by atoms with van der Waals surface area (Å²) < 4.78 is 4.84. The summed E-state index contributed by atoms with van der Waals surface area (Å²) in [6, 6.07) is 0. The van der Waals surface area contributed by atoms with Crippen molar-refractivity contribution < 1.29 is 39.2 Å². The minimum absolute atomic E-state index is 0.294. The van der Waals surface area contributed by atoms with Crippen LogP contribution in [0.2, 0.25) is 0 Å². The Hall–Kier alpha value is -1.96. The van der Waals surface area contributed by atoms with Gasteiger partial charge in [0.1, 0.15) is 0 Å². The summed E-state index contributed by atoms with van der Waals surface area (Å²) in [6.45, 7) is 3.11. The number of carbonyl (C=O) groups excluding carboxylic acids is 2. The molecule has 2 atom stereocenters. The summed E-state index contributed by atoms with van der Waals surface area (Å²) in [4.78, 5) is 44.4. The quantitative estimate of drug-likeness (QED) is 0.492. The molecular formula is C13H20O8. The van der Waals surface area contributed by atoms with Crippen molar-refractivity contribution >= 4 is 23.7 Å². The standard InChI is InChI=1S/C13H20O8/c1-3-4-5-9(8(2)14)21-11(17)7-13(20,12(18)19)6-10(15)16/h9,20H,3-7H2,1-2H3,(H,15,16)(H,18,19). The van der Waals surface area contributed by atoms with Crippen LogP contribution in [0.25, 0.3) is 0 Å². The number of unbranched alkanes of at least 4 members (excludes halogenated alkanes) is 1. The van der Waals surface area contributed by atoms with Gasteiger partial charge in [-0.2, -0.15) is 0 Å². The molecule has 0 aliphatic rings. The Labute approximate surface area is 121 Å². The summed E-state index contributed by atoms with van der Waals surface area (Å²) in [6.07, 6.45) is -1.49. The molecule has 0 fully saturated rings. The number of esters is 1. The van der Waals surface area contributed by atoms with Crippen molar-refractivity contribution in [1.82, 2.24) is 0 Å². The number of aliphatic carboxylic acids is 2. The largest absolute Gasteiger partial charge is 0.481 e. The van der Waals surface area contributed by atoms with E-state index in [1.807, 2.05) is 6.92 Å². The third-order valence-electron chi connectivity index (χ3n) is 2.83. The first kappa shape index (κ1) is 19.0. The summed E-state index contributed by atoms with van der Waals surface area (Å²) in [5.41, 5.74) is -2.75. The molecule has 0 heterocycles. The van der Waals surface area contributed by atoms with Crippen molar-refractivity contribution in [2.45, 2.75) is 57.7 Å². The average molecular weight is 304 g/mol. The molecule has 21 heavy (non-hydrogen) atoms. The number of rotatable bonds is 10. The van der Waals surface area contributed by atoms with E-state index in [0.29, 0.717) is 12.8 Å². The van der Waals surface area contributed by atoms with E-state index in [2.05, 4.69) is 0 Å².